The van der Waals surface area contributed by atoms with Gasteiger partial charge in [0.25, 0.3) is 0 Å². The molecule has 0 saturated carbocycles. The lowest BCUT2D eigenvalue weighted by Gasteiger charge is -1.90. The van der Waals surface area contributed by atoms with Gasteiger partial charge in [-0.2, -0.15) is 0 Å². The first kappa shape index (κ1) is 3.22. The van der Waals surface area contributed by atoms with E-state index in [1.54, 1.807) is 0 Å². The quantitative estimate of drug-likeness (QED) is 0.383. The summed E-state index contributed by atoms with van der Waals surface area (Å²) >= 11 is 0. The minimum absolute atomic E-state index is 0.688. The van der Waals surface area contributed by atoms with Crippen molar-refractivity contribution >= 4 is 11.8 Å². The summed E-state index contributed by atoms with van der Waals surface area (Å²) in [5.41, 5.74) is 0. The Bertz CT molecular complexity index is 172. The maximum atomic E-state index is 10.6. The van der Waals surface area contributed by atoms with E-state index in [0.29, 0.717) is 0 Å². The van der Waals surface area contributed by atoms with E-state index in [4.69, 9.17) is 4.11 Å². The molecule has 0 saturated heterocycles. The van der Waals surface area contributed by atoms with Crippen molar-refractivity contribution in [2.45, 2.75) is 13.3 Å². The smallest absolute Gasteiger partial charge is 0.313 e. The summed E-state index contributed by atoms with van der Waals surface area (Å²) in [7, 11) is 1.09. The van der Waals surface area contributed by atoms with Crippen molar-refractivity contribution in [2.24, 2.45) is 0 Å². The van der Waals surface area contributed by atoms with E-state index in [-0.39, 0.29) is 0 Å². The molecule has 0 radical (unpaired) electrons. The number of methoxy groups -OCH3 is 1. The summed E-state index contributed by atoms with van der Waals surface area (Å²) in [5, 5.41) is 0. The van der Waals surface area contributed by atoms with Gasteiger partial charge in [-0.1, -0.05) is 0 Å². The van der Waals surface area contributed by atoms with Crippen LogP contribution in [0.25, 0.3) is 0 Å². The summed E-state index contributed by atoms with van der Waals surface area (Å²) in [5.74, 6) is -1.92. The van der Waals surface area contributed by atoms with E-state index >= 15 is 0 Å². The molecule has 0 aliphatic rings. The molecular formula is C5H8O3. The van der Waals surface area contributed by atoms with Gasteiger partial charge in [-0.05, 0) is 6.85 Å². The highest BCUT2D eigenvalue weighted by Crippen LogP contribution is 1.83. The van der Waals surface area contributed by atoms with Gasteiger partial charge in [-0.15, -0.1) is 0 Å². The van der Waals surface area contributed by atoms with Gasteiger partial charge in [0.2, 0.25) is 0 Å². The number of hydrogen-bond donors (Lipinski definition) is 0. The predicted octanol–water partition coefficient (Wildman–Crippen LogP) is 0.138. The van der Waals surface area contributed by atoms with Crippen LogP contribution in [-0.2, 0) is 14.3 Å². The van der Waals surface area contributed by atoms with E-state index in [2.05, 4.69) is 4.74 Å². The summed E-state index contributed by atoms with van der Waals surface area (Å²) in [6.07, 6.45) is -0.688. The maximum absolute atomic E-state index is 10.6. The lowest BCUT2D eigenvalue weighted by atomic mass is 10.3. The molecule has 0 unspecified atom stereocenters. The van der Waals surface area contributed by atoms with Crippen molar-refractivity contribution in [2.75, 3.05) is 7.11 Å². The third kappa shape index (κ3) is 3.33. The molecular weight excluding hydrogens is 108 g/mol. The molecule has 0 bridgehead atoms. The molecule has 3 nitrogen and oxygen atoms in total. The second-order valence-electron chi connectivity index (χ2n) is 1.18. The summed E-state index contributed by atoms with van der Waals surface area (Å²) < 4.78 is 23.9. The molecule has 0 aromatic carbocycles. The van der Waals surface area contributed by atoms with Crippen molar-refractivity contribution < 1.29 is 18.4 Å². The molecule has 46 valence electrons. The van der Waals surface area contributed by atoms with Crippen molar-refractivity contribution in [3.63, 3.8) is 0 Å². The van der Waals surface area contributed by atoms with Crippen LogP contribution in [0, 0.1) is 0 Å². The second-order valence-corrected chi connectivity index (χ2v) is 1.18. The molecule has 0 spiro atoms. The van der Waals surface area contributed by atoms with Crippen LogP contribution in [0.5, 0.6) is 0 Å². The number of carbonyl (C=O) groups excluding carboxylic acids is 2. The summed E-state index contributed by atoms with van der Waals surface area (Å²) in [6.45, 7) is -2.70. The first-order valence-electron chi connectivity index (χ1n) is 3.48. The zero-order valence-corrected chi connectivity index (χ0v) is 4.43. The minimum atomic E-state index is -2.70. The van der Waals surface area contributed by atoms with Crippen molar-refractivity contribution in [1.82, 2.24) is 0 Å². The molecule has 0 aliphatic heterocycles. The van der Waals surface area contributed by atoms with Gasteiger partial charge in [0.1, 0.15) is 12.2 Å². The van der Waals surface area contributed by atoms with Gasteiger partial charge in [-0.25, -0.2) is 0 Å². The van der Waals surface area contributed by atoms with Crippen LogP contribution in [0.15, 0.2) is 0 Å². The molecule has 0 aromatic rings. The van der Waals surface area contributed by atoms with Crippen molar-refractivity contribution in [3.05, 3.63) is 0 Å². The monoisotopic (exact) mass is 119 g/mol. The normalized spacial score (nSPS) is 15.4. The Morgan fingerprint density at radius 2 is 2.38 bits per heavy atom. The Labute approximate surface area is 51.9 Å². The maximum Gasteiger partial charge on any atom is 0.313 e. The van der Waals surface area contributed by atoms with Crippen LogP contribution in [0.1, 0.15) is 17.4 Å². The first-order chi connectivity index (χ1) is 4.88. The average molecular weight is 119 g/mol. The fourth-order valence-corrected chi connectivity index (χ4v) is 0.203. The third-order valence-corrected chi connectivity index (χ3v) is 0.533. The molecule has 0 atom stereocenters. The zero-order valence-electron chi connectivity index (χ0n) is 7.43. The molecule has 0 aliphatic carbocycles. The number of esters is 1. The van der Waals surface area contributed by atoms with E-state index in [1.165, 1.54) is 0 Å². The number of rotatable bonds is 2. The minimum Gasteiger partial charge on any atom is -0.469 e. The fraction of sp³-hybridized carbons (Fsp3) is 0.600. The zero-order chi connectivity index (χ0) is 9.07. The molecule has 0 rings (SSSR count). The molecule has 0 heterocycles. The van der Waals surface area contributed by atoms with Crippen LogP contribution in [0.4, 0.5) is 0 Å². The van der Waals surface area contributed by atoms with Crippen LogP contribution >= 0.6 is 0 Å². The number of carbonyl (C=O) groups is 2. The lowest BCUT2D eigenvalue weighted by Crippen LogP contribution is -2.05. The van der Waals surface area contributed by atoms with Crippen LogP contribution < -0.4 is 0 Å². The van der Waals surface area contributed by atoms with Gasteiger partial charge in [-0.3, -0.25) is 9.59 Å². The third-order valence-electron chi connectivity index (χ3n) is 0.533. The largest absolute Gasteiger partial charge is 0.469 e. The van der Waals surface area contributed by atoms with Gasteiger partial charge in [0.15, 0.2) is 0 Å². The summed E-state index contributed by atoms with van der Waals surface area (Å²) in [4.78, 5) is 20.9. The van der Waals surface area contributed by atoms with Crippen LogP contribution in [-0.4, -0.2) is 18.9 Å². The molecule has 0 aromatic heterocycles. The molecule has 3 heteroatoms. The van der Waals surface area contributed by atoms with Crippen LogP contribution in [0.3, 0.4) is 0 Å². The first-order valence-corrected chi connectivity index (χ1v) is 1.98. The predicted molar refractivity (Wildman–Crippen MR) is 27.3 cm³/mol. The second kappa shape index (κ2) is 3.18. The van der Waals surface area contributed by atoms with Gasteiger partial charge < -0.3 is 4.74 Å². The number of ether oxygens (including phenoxy) is 1. The molecule has 0 amide bonds. The van der Waals surface area contributed by atoms with Crippen molar-refractivity contribution in [1.29, 1.82) is 0 Å². The average Bonchev–Trinajstić information content (AvgIpc) is 1.85. The Hall–Kier alpha value is -0.860. The Kier molecular flexibility index (Phi) is 1.28. The number of Topliss-reactive ketones (excluding diaryl/α,β-unsaturated/α-hetero) is 1. The standard InChI is InChI=1S/C5H8O3/c1-4(6)3-5(7)8-2/h3H2,1-2H3/i1D3. The van der Waals surface area contributed by atoms with Crippen molar-refractivity contribution in [3.8, 4) is 0 Å². The van der Waals surface area contributed by atoms with Crippen LogP contribution in [0.2, 0.25) is 0 Å². The Morgan fingerprint density at radius 1 is 1.75 bits per heavy atom. The van der Waals surface area contributed by atoms with E-state index in [1.807, 2.05) is 0 Å². The topological polar surface area (TPSA) is 43.4 Å². The highest BCUT2D eigenvalue weighted by atomic mass is 16.5. The van der Waals surface area contributed by atoms with Gasteiger partial charge in [0.05, 0.1) is 7.11 Å². The summed E-state index contributed by atoms with van der Waals surface area (Å²) in [6, 6.07) is 0. The Morgan fingerprint density at radius 3 is 2.75 bits per heavy atom. The number of hydrogen-bond acceptors (Lipinski definition) is 3. The fourth-order valence-electron chi connectivity index (χ4n) is 0.203. The van der Waals surface area contributed by atoms with E-state index in [0.717, 1.165) is 7.11 Å². The van der Waals surface area contributed by atoms with E-state index in [9.17, 15) is 9.59 Å². The number of ketones is 1. The Balaban J connectivity index is 3.99. The van der Waals surface area contributed by atoms with E-state index < -0.39 is 25.0 Å². The molecule has 0 N–H and O–H groups in total. The highest BCUT2D eigenvalue weighted by Gasteiger charge is 2.01. The highest BCUT2D eigenvalue weighted by molar-refractivity contribution is 5.93. The lowest BCUT2D eigenvalue weighted by molar-refractivity contribution is -0.142. The van der Waals surface area contributed by atoms with Gasteiger partial charge in [0, 0.05) is 4.11 Å². The van der Waals surface area contributed by atoms with Gasteiger partial charge >= 0.3 is 5.97 Å². The molecule has 8 heavy (non-hydrogen) atoms. The SMILES string of the molecule is [2H]C([2H])([2H])C(=O)CC(=O)OC. The molecule has 0 fully saturated rings.